The summed E-state index contributed by atoms with van der Waals surface area (Å²) in [4.78, 5) is 35.4. The third-order valence-electron chi connectivity index (χ3n) is 6.98. The Kier molecular flexibility index (Phi) is 7.49. The lowest BCUT2D eigenvalue weighted by atomic mass is 9.94. The molecule has 0 spiro atoms. The third kappa shape index (κ3) is 4.77. The lowest BCUT2D eigenvalue weighted by Crippen LogP contribution is -2.32. The maximum absolute atomic E-state index is 15.0. The van der Waals surface area contributed by atoms with Gasteiger partial charge in [0.2, 0.25) is 5.78 Å². The van der Waals surface area contributed by atoms with Crippen molar-refractivity contribution in [1.82, 2.24) is 4.98 Å². The van der Waals surface area contributed by atoms with E-state index in [1.165, 1.54) is 0 Å². The molecule has 4 aromatic rings. The Labute approximate surface area is 234 Å². The van der Waals surface area contributed by atoms with E-state index >= 15 is 4.39 Å². The zero-order chi connectivity index (χ0) is 28.6. The van der Waals surface area contributed by atoms with E-state index in [0.29, 0.717) is 22.3 Å². The largest absolute Gasteiger partial charge is 0.503 e. The van der Waals surface area contributed by atoms with Gasteiger partial charge in [0, 0.05) is 30.4 Å². The number of carbonyl (C=O) groups is 2. The minimum absolute atomic E-state index is 0.185. The first-order valence-electron chi connectivity index (χ1n) is 12.9. The van der Waals surface area contributed by atoms with Gasteiger partial charge in [0.15, 0.2) is 5.76 Å². The zero-order valence-electron chi connectivity index (χ0n) is 22.2. The lowest BCUT2D eigenvalue weighted by Gasteiger charge is -2.28. The molecular formula is C31H27F2N3O3S. The molecule has 0 radical (unpaired) electrons. The van der Waals surface area contributed by atoms with Crippen molar-refractivity contribution < 1.29 is 23.5 Å². The number of hydrogen-bond donors (Lipinski definition) is 1. The molecule has 3 aromatic carbocycles. The predicted molar refractivity (Wildman–Crippen MR) is 153 cm³/mol. The van der Waals surface area contributed by atoms with Gasteiger partial charge in [-0.2, -0.15) is 0 Å². The number of thiazole rings is 1. The number of hydrogen-bond acceptors (Lipinski definition) is 6. The number of nitrogens with zero attached hydrogens (tertiary/aromatic N) is 3. The van der Waals surface area contributed by atoms with Crippen LogP contribution in [0, 0.1) is 18.6 Å². The molecule has 5 rings (SSSR count). The fourth-order valence-electron chi connectivity index (χ4n) is 4.97. The molecule has 0 saturated heterocycles. The second-order valence-electron chi connectivity index (χ2n) is 9.33. The minimum atomic E-state index is -1.15. The molecule has 1 aliphatic heterocycles. The SMILES string of the molecule is CCN(CC)c1ccc(C2C(C(=O)c3sc(-c4ccccc4)nc3C)=C(O)C(=O)N2c2ccc(F)cc2F)cc1. The van der Waals surface area contributed by atoms with Crippen molar-refractivity contribution in [3.8, 4) is 10.6 Å². The average molecular weight is 560 g/mol. The number of Topliss-reactive ketones (excluding diaryl/α,β-unsaturated/α-hetero) is 1. The van der Waals surface area contributed by atoms with Gasteiger partial charge in [-0.25, -0.2) is 13.8 Å². The molecule has 9 heteroatoms. The summed E-state index contributed by atoms with van der Waals surface area (Å²) in [6, 6.07) is 18.3. The first-order valence-corrected chi connectivity index (χ1v) is 13.7. The van der Waals surface area contributed by atoms with Crippen LogP contribution in [0.5, 0.6) is 0 Å². The molecule has 0 fully saturated rings. The minimum Gasteiger partial charge on any atom is -0.503 e. The summed E-state index contributed by atoms with van der Waals surface area (Å²) in [6.45, 7) is 7.32. The van der Waals surface area contributed by atoms with E-state index in [1.807, 2.05) is 56.3 Å². The number of ketones is 1. The Morgan fingerprint density at radius 3 is 2.33 bits per heavy atom. The number of carbonyl (C=O) groups excluding carboxylic acids is 2. The van der Waals surface area contributed by atoms with Gasteiger partial charge >= 0.3 is 0 Å². The van der Waals surface area contributed by atoms with Crippen molar-refractivity contribution >= 4 is 34.4 Å². The lowest BCUT2D eigenvalue weighted by molar-refractivity contribution is -0.117. The maximum Gasteiger partial charge on any atom is 0.294 e. The van der Waals surface area contributed by atoms with E-state index in [1.54, 1.807) is 19.1 Å². The van der Waals surface area contributed by atoms with Crippen molar-refractivity contribution in [2.24, 2.45) is 0 Å². The summed E-state index contributed by atoms with van der Waals surface area (Å²) < 4.78 is 28.8. The first kappa shape index (κ1) is 27.2. The summed E-state index contributed by atoms with van der Waals surface area (Å²) in [5, 5.41) is 11.7. The Bertz CT molecular complexity index is 1610. The van der Waals surface area contributed by atoms with E-state index < -0.39 is 35.1 Å². The number of aliphatic hydroxyl groups is 1. The molecule has 204 valence electrons. The molecule has 0 saturated carbocycles. The number of amides is 1. The Balaban J connectivity index is 1.63. The molecule has 0 bridgehead atoms. The van der Waals surface area contributed by atoms with E-state index in [2.05, 4.69) is 9.88 Å². The Hall–Kier alpha value is -4.37. The van der Waals surface area contributed by atoms with Crippen LogP contribution in [0.4, 0.5) is 20.2 Å². The zero-order valence-corrected chi connectivity index (χ0v) is 23.0. The Morgan fingerprint density at radius 1 is 1.02 bits per heavy atom. The molecule has 40 heavy (non-hydrogen) atoms. The Morgan fingerprint density at radius 2 is 1.70 bits per heavy atom. The fourth-order valence-corrected chi connectivity index (χ4v) is 5.99. The van der Waals surface area contributed by atoms with Crippen molar-refractivity contribution in [2.75, 3.05) is 22.9 Å². The van der Waals surface area contributed by atoms with Gasteiger partial charge in [-0.3, -0.25) is 14.5 Å². The fraction of sp³-hybridized carbons (Fsp3) is 0.194. The second kappa shape index (κ2) is 11.0. The van der Waals surface area contributed by atoms with E-state index in [0.717, 1.165) is 52.7 Å². The van der Waals surface area contributed by atoms with Crippen molar-refractivity contribution in [3.05, 3.63) is 112 Å². The molecule has 6 nitrogen and oxygen atoms in total. The van der Waals surface area contributed by atoms with Gasteiger partial charge in [-0.1, -0.05) is 42.5 Å². The van der Waals surface area contributed by atoms with E-state index in [-0.39, 0.29) is 16.1 Å². The van der Waals surface area contributed by atoms with Gasteiger partial charge in [-0.05, 0) is 50.6 Å². The van der Waals surface area contributed by atoms with Crippen LogP contribution in [0.15, 0.2) is 84.1 Å². The highest BCUT2D eigenvalue weighted by Crippen LogP contribution is 2.44. The number of aromatic nitrogens is 1. The van der Waals surface area contributed by atoms with Crippen LogP contribution in [-0.2, 0) is 4.79 Å². The van der Waals surface area contributed by atoms with Crippen LogP contribution < -0.4 is 9.80 Å². The topological polar surface area (TPSA) is 73.7 Å². The number of aryl methyl sites for hydroxylation is 1. The van der Waals surface area contributed by atoms with Crippen LogP contribution in [0.2, 0.25) is 0 Å². The van der Waals surface area contributed by atoms with E-state index in [4.69, 9.17) is 0 Å². The number of rotatable bonds is 8. The predicted octanol–water partition coefficient (Wildman–Crippen LogP) is 7.03. The molecule has 1 N–H and O–H groups in total. The van der Waals surface area contributed by atoms with Crippen LogP contribution >= 0.6 is 11.3 Å². The molecule has 1 aromatic heterocycles. The van der Waals surface area contributed by atoms with Gasteiger partial charge in [-0.15, -0.1) is 11.3 Å². The number of aliphatic hydroxyl groups excluding tert-OH is 1. The molecule has 0 aliphatic carbocycles. The molecule has 2 heterocycles. The highest BCUT2D eigenvalue weighted by Gasteiger charge is 2.46. The summed E-state index contributed by atoms with van der Waals surface area (Å²) in [5.41, 5.74) is 2.27. The quantitative estimate of drug-likeness (QED) is 0.235. The molecule has 1 amide bonds. The van der Waals surface area contributed by atoms with Gasteiger partial charge < -0.3 is 10.0 Å². The van der Waals surface area contributed by atoms with Crippen LogP contribution in [0.3, 0.4) is 0 Å². The highest BCUT2D eigenvalue weighted by atomic mass is 32.1. The summed E-state index contributed by atoms with van der Waals surface area (Å²) in [5.74, 6) is -4.10. The van der Waals surface area contributed by atoms with Crippen molar-refractivity contribution in [3.63, 3.8) is 0 Å². The van der Waals surface area contributed by atoms with Crippen molar-refractivity contribution in [2.45, 2.75) is 26.8 Å². The molecule has 1 atom stereocenters. The number of anilines is 2. The number of benzene rings is 3. The van der Waals surface area contributed by atoms with Crippen molar-refractivity contribution in [1.29, 1.82) is 0 Å². The smallest absolute Gasteiger partial charge is 0.294 e. The first-order chi connectivity index (χ1) is 19.2. The van der Waals surface area contributed by atoms with Crippen LogP contribution in [0.25, 0.3) is 10.6 Å². The molecular weight excluding hydrogens is 532 g/mol. The summed E-state index contributed by atoms with van der Waals surface area (Å²) in [6.07, 6.45) is 0. The highest BCUT2D eigenvalue weighted by molar-refractivity contribution is 7.17. The van der Waals surface area contributed by atoms with E-state index in [9.17, 15) is 19.1 Å². The molecule has 1 aliphatic rings. The van der Waals surface area contributed by atoms with Crippen LogP contribution in [0.1, 0.15) is 40.8 Å². The number of halogens is 2. The van der Waals surface area contributed by atoms with Gasteiger partial charge in [0.1, 0.15) is 16.6 Å². The second-order valence-corrected chi connectivity index (χ2v) is 10.3. The standard InChI is InChI=1S/C31H27F2N3O3S/c1-4-35(5-2)22-14-11-19(12-15-22)26-25(28(38)31(39)36(26)24-16-13-21(32)17-23(24)33)27(37)29-18(3)34-30(40-29)20-9-7-6-8-10-20/h6-17,26,38H,4-5H2,1-3H3. The maximum atomic E-state index is 15.0. The normalized spacial score (nSPS) is 15.2. The van der Waals surface area contributed by atoms with Crippen LogP contribution in [-0.4, -0.2) is 34.9 Å². The summed E-state index contributed by atoms with van der Waals surface area (Å²) >= 11 is 1.16. The van der Waals surface area contributed by atoms with Gasteiger partial charge in [0.05, 0.1) is 27.9 Å². The monoisotopic (exact) mass is 559 g/mol. The molecule has 1 unspecified atom stereocenters. The summed E-state index contributed by atoms with van der Waals surface area (Å²) in [7, 11) is 0. The average Bonchev–Trinajstić information content (AvgIpc) is 3.47. The third-order valence-corrected chi connectivity index (χ3v) is 8.19. The van der Waals surface area contributed by atoms with Gasteiger partial charge in [0.25, 0.3) is 5.91 Å².